The molecule has 150 valence electrons. The van der Waals surface area contributed by atoms with Crippen molar-refractivity contribution in [3.8, 4) is 5.75 Å². The highest BCUT2D eigenvalue weighted by Crippen LogP contribution is 2.22. The van der Waals surface area contributed by atoms with Crippen LogP contribution in [-0.2, 0) is 0 Å². The van der Waals surface area contributed by atoms with Crippen molar-refractivity contribution in [1.29, 1.82) is 0 Å². The van der Waals surface area contributed by atoms with Gasteiger partial charge in [-0.05, 0) is 30.7 Å². The molecule has 1 atom stereocenters. The Kier molecular flexibility index (Phi) is 6.23. The zero-order valence-electron chi connectivity index (χ0n) is 15.3. The summed E-state index contributed by atoms with van der Waals surface area (Å²) in [5.41, 5.74) is 1.13. The molecule has 1 aliphatic heterocycles. The number of halogens is 3. The van der Waals surface area contributed by atoms with Crippen LogP contribution in [0.1, 0.15) is 18.5 Å². The fraction of sp³-hybridized carbons (Fsp3) is 0.368. The highest BCUT2D eigenvalue weighted by molar-refractivity contribution is 5.75. The van der Waals surface area contributed by atoms with E-state index >= 15 is 0 Å². The van der Waals surface area contributed by atoms with Crippen LogP contribution in [0.25, 0.3) is 0 Å². The summed E-state index contributed by atoms with van der Waals surface area (Å²) in [4.78, 5) is 19.8. The van der Waals surface area contributed by atoms with Gasteiger partial charge in [-0.15, -0.1) is 0 Å². The summed E-state index contributed by atoms with van der Waals surface area (Å²) in [6, 6.07) is 7.20. The number of anilines is 1. The van der Waals surface area contributed by atoms with Gasteiger partial charge in [-0.3, -0.25) is 4.98 Å². The van der Waals surface area contributed by atoms with E-state index < -0.39 is 6.61 Å². The molecule has 0 spiro atoms. The molecule has 28 heavy (non-hydrogen) atoms. The lowest BCUT2D eigenvalue weighted by molar-refractivity contribution is -0.0499. The van der Waals surface area contributed by atoms with E-state index in [-0.39, 0.29) is 23.6 Å². The summed E-state index contributed by atoms with van der Waals surface area (Å²) in [7, 11) is 0. The molecular formula is C19H21F3N4O2. The van der Waals surface area contributed by atoms with Crippen LogP contribution >= 0.6 is 0 Å². The number of alkyl halides is 2. The van der Waals surface area contributed by atoms with Gasteiger partial charge >= 0.3 is 12.6 Å². The maximum atomic E-state index is 13.8. The number of rotatable bonds is 5. The highest BCUT2D eigenvalue weighted by Gasteiger charge is 2.24. The number of pyridine rings is 1. The van der Waals surface area contributed by atoms with E-state index in [4.69, 9.17) is 0 Å². The Hall–Kier alpha value is -2.97. The fourth-order valence-corrected chi connectivity index (χ4v) is 3.09. The summed E-state index contributed by atoms with van der Waals surface area (Å²) in [5, 5.41) is 2.85. The molecule has 3 rings (SSSR count). The van der Waals surface area contributed by atoms with Crippen LogP contribution in [0.4, 0.5) is 23.7 Å². The van der Waals surface area contributed by atoms with Gasteiger partial charge in [-0.25, -0.2) is 9.18 Å². The summed E-state index contributed by atoms with van der Waals surface area (Å²) < 4.78 is 43.0. The molecule has 0 aliphatic carbocycles. The second-order valence-electron chi connectivity index (χ2n) is 6.42. The number of benzene rings is 1. The minimum absolute atomic E-state index is 0.0431. The van der Waals surface area contributed by atoms with Gasteiger partial charge in [0.15, 0.2) is 5.82 Å². The number of nitrogens with one attached hydrogen (secondary N) is 1. The van der Waals surface area contributed by atoms with E-state index in [9.17, 15) is 18.0 Å². The third kappa shape index (κ3) is 4.85. The highest BCUT2D eigenvalue weighted by atomic mass is 19.3. The number of aromatic nitrogens is 1. The average Bonchev–Trinajstić information content (AvgIpc) is 2.68. The second-order valence-corrected chi connectivity index (χ2v) is 6.42. The van der Waals surface area contributed by atoms with Crippen molar-refractivity contribution in [3.05, 3.63) is 54.1 Å². The van der Waals surface area contributed by atoms with Gasteiger partial charge < -0.3 is 19.9 Å². The van der Waals surface area contributed by atoms with Crippen molar-refractivity contribution in [1.82, 2.24) is 15.2 Å². The predicted octanol–water partition coefficient (Wildman–Crippen LogP) is 3.41. The molecule has 2 aromatic rings. The normalized spacial score (nSPS) is 15.5. The lowest BCUT2D eigenvalue weighted by atomic mass is 10.1. The van der Waals surface area contributed by atoms with Crippen molar-refractivity contribution in [2.45, 2.75) is 19.6 Å². The second kappa shape index (κ2) is 8.81. The number of hydrogen-bond acceptors (Lipinski definition) is 4. The fourth-order valence-electron chi connectivity index (χ4n) is 3.09. The number of ether oxygens (including phenoxy) is 1. The lowest BCUT2D eigenvalue weighted by Gasteiger charge is -2.36. The molecule has 1 saturated heterocycles. The van der Waals surface area contributed by atoms with Gasteiger partial charge in [0.25, 0.3) is 0 Å². The van der Waals surface area contributed by atoms with E-state index in [0.29, 0.717) is 37.4 Å². The Morgan fingerprint density at radius 2 is 1.96 bits per heavy atom. The number of nitrogens with zero attached hydrogens (tertiary/aromatic N) is 3. The quantitative estimate of drug-likeness (QED) is 0.845. The molecule has 0 radical (unpaired) electrons. The summed E-state index contributed by atoms with van der Waals surface area (Å²) in [5.74, 6) is -0.346. The molecule has 2 heterocycles. The molecule has 0 bridgehead atoms. The first-order chi connectivity index (χ1) is 13.4. The van der Waals surface area contributed by atoms with Crippen LogP contribution in [0.3, 0.4) is 0 Å². The number of carbonyl (C=O) groups excluding carboxylic acids is 1. The number of amides is 2. The smallest absolute Gasteiger partial charge is 0.387 e. The molecule has 1 fully saturated rings. The van der Waals surface area contributed by atoms with Gasteiger partial charge in [0.1, 0.15) is 5.75 Å². The molecular weight excluding hydrogens is 373 g/mol. The van der Waals surface area contributed by atoms with Crippen LogP contribution in [0.15, 0.2) is 42.7 Å². The van der Waals surface area contributed by atoms with Crippen molar-refractivity contribution in [2.75, 3.05) is 31.1 Å². The molecule has 1 aromatic heterocycles. The Bertz CT molecular complexity index is 813. The number of hydrogen-bond donors (Lipinski definition) is 1. The topological polar surface area (TPSA) is 57.7 Å². The standard InChI is InChI=1S/C19H21F3N4O2/c1-13(14-3-2-4-15(11-14)28-18(21)22)24-19(27)26-9-7-25(8-10-26)17-5-6-23-12-16(17)20/h2-6,11-13,18H,7-10H2,1H3,(H,24,27)/t13-/m1/s1. The van der Waals surface area contributed by atoms with Gasteiger partial charge in [0, 0.05) is 32.4 Å². The van der Waals surface area contributed by atoms with E-state index in [2.05, 4.69) is 15.0 Å². The van der Waals surface area contributed by atoms with Gasteiger partial charge in [-0.1, -0.05) is 12.1 Å². The van der Waals surface area contributed by atoms with Gasteiger partial charge in [0.05, 0.1) is 17.9 Å². The van der Waals surface area contributed by atoms with Crippen molar-refractivity contribution >= 4 is 11.7 Å². The molecule has 1 aliphatic rings. The molecule has 1 aromatic carbocycles. The Morgan fingerprint density at radius 3 is 2.64 bits per heavy atom. The van der Waals surface area contributed by atoms with E-state index in [1.807, 2.05) is 4.90 Å². The molecule has 0 saturated carbocycles. The first kappa shape index (κ1) is 19.8. The van der Waals surface area contributed by atoms with Gasteiger partial charge in [-0.2, -0.15) is 8.78 Å². The van der Waals surface area contributed by atoms with E-state index in [1.54, 1.807) is 30.0 Å². The summed E-state index contributed by atoms with van der Waals surface area (Å²) in [6.07, 6.45) is 2.70. The number of carbonyl (C=O) groups is 1. The third-order valence-electron chi connectivity index (χ3n) is 4.58. The van der Waals surface area contributed by atoms with Gasteiger partial charge in [0.2, 0.25) is 0 Å². The Morgan fingerprint density at radius 1 is 1.21 bits per heavy atom. The summed E-state index contributed by atoms with van der Waals surface area (Å²) >= 11 is 0. The number of urea groups is 1. The Labute approximate surface area is 160 Å². The van der Waals surface area contributed by atoms with Crippen LogP contribution in [-0.4, -0.2) is 48.7 Å². The largest absolute Gasteiger partial charge is 0.435 e. The average molecular weight is 394 g/mol. The van der Waals surface area contributed by atoms with Crippen LogP contribution in [0, 0.1) is 5.82 Å². The maximum absolute atomic E-state index is 13.8. The van der Waals surface area contributed by atoms with Crippen LogP contribution < -0.4 is 15.0 Å². The molecule has 1 N–H and O–H groups in total. The first-order valence-corrected chi connectivity index (χ1v) is 8.88. The minimum atomic E-state index is -2.90. The zero-order valence-corrected chi connectivity index (χ0v) is 15.3. The third-order valence-corrected chi connectivity index (χ3v) is 4.58. The van der Waals surface area contributed by atoms with Crippen LogP contribution in [0.5, 0.6) is 5.75 Å². The molecule has 0 unspecified atom stereocenters. The van der Waals surface area contributed by atoms with Crippen molar-refractivity contribution < 1.29 is 22.7 Å². The number of piperazine rings is 1. The zero-order chi connectivity index (χ0) is 20.1. The summed E-state index contributed by atoms with van der Waals surface area (Å²) in [6.45, 7) is 0.744. The molecule has 9 heteroatoms. The first-order valence-electron chi connectivity index (χ1n) is 8.88. The lowest BCUT2D eigenvalue weighted by Crippen LogP contribution is -2.52. The SMILES string of the molecule is C[C@@H](NC(=O)N1CCN(c2ccncc2F)CC1)c1cccc(OC(F)F)c1. The molecule has 6 nitrogen and oxygen atoms in total. The Balaban J connectivity index is 1.55. The molecule has 2 amide bonds. The van der Waals surface area contributed by atoms with E-state index in [0.717, 1.165) is 0 Å². The minimum Gasteiger partial charge on any atom is -0.435 e. The predicted molar refractivity (Wildman–Crippen MR) is 98.0 cm³/mol. The van der Waals surface area contributed by atoms with E-state index in [1.165, 1.54) is 24.5 Å². The maximum Gasteiger partial charge on any atom is 0.387 e. The van der Waals surface area contributed by atoms with Crippen molar-refractivity contribution in [2.24, 2.45) is 0 Å². The van der Waals surface area contributed by atoms with Crippen LogP contribution in [0.2, 0.25) is 0 Å². The van der Waals surface area contributed by atoms with Crippen molar-refractivity contribution in [3.63, 3.8) is 0 Å². The monoisotopic (exact) mass is 394 g/mol.